The minimum atomic E-state index is 0.0287. The van der Waals surface area contributed by atoms with E-state index in [1.54, 1.807) is 0 Å². The summed E-state index contributed by atoms with van der Waals surface area (Å²) in [6, 6.07) is 6.20. The first-order chi connectivity index (χ1) is 11.1. The van der Waals surface area contributed by atoms with Gasteiger partial charge in [0.05, 0.1) is 6.04 Å². The number of nitrogens with two attached hydrogens (primary N) is 2. The number of carbonyl (C=O) groups excluding carboxylic acids is 1. The second-order valence-corrected chi connectivity index (χ2v) is 7.41. The number of hydrogen-bond donors (Lipinski definition) is 3. The van der Waals surface area contributed by atoms with Gasteiger partial charge in [-0.1, -0.05) is 25.3 Å². The van der Waals surface area contributed by atoms with Crippen molar-refractivity contribution < 1.29 is 4.79 Å². The highest BCUT2D eigenvalue weighted by atomic mass is 16.1. The topological polar surface area (TPSA) is 81.1 Å². The molecule has 1 unspecified atom stereocenters. The highest BCUT2D eigenvalue weighted by Gasteiger charge is 2.34. The molecule has 4 nitrogen and oxygen atoms in total. The lowest BCUT2D eigenvalue weighted by atomic mass is 9.71. The van der Waals surface area contributed by atoms with Gasteiger partial charge in [-0.15, -0.1) is 0 Å². The molecule has 126 valence electrons. The Morgan fingerprint density at radius 2 is 2.00 bits per heavy atom. The van der Waals surface area contributed by atoms with Crippen molar-refractivity contribution in [2.45, 2.75) is 63.8 Å². The lowest BCUT2D eigenvalue weighted by Gasteiger charge is -2.36. The summed E-state index contributed by atoms with van der Waals surface area (Å²) in [6.45, 7) is 0.623. The SMILES string of the molecule is NCC1(CC(=O)NC2CCCc3cc(N)ccc32)CCCCC1. The molecular formula is C19H29N3O. The third-order valence-corrected chi connectivity index (χ3v) is 5.70. The van der Waals surface area contributed by atoms with E-state index in [4.69, 9.17) is 11.5 Å². The average Bonchev–Trinajstić information content (AvgIpc) is 2.55. The van der Waals surface area contributed by atoms with E-state index in [0.717, 1.165) is 37.8 Å². The predicted molar refractivity (Wildman–Crippen MR) is 93.9 cm³/mol. The number of carbonyl (C=O) groups is 1. The van der Waals surface area contributed by atoms with Gasteiger partial charge in [0.25, 0.3) is 0 Å². The van der Waals surface area contributed by atoms with Crippen molar-refractivity contribution in [1.29, 1.82) is 0 Å². The van der Waals surface area contributed by atoms with Crippen molar-refractivity contribution in [3.05, 3.63) is 29.3 Å². The summed E-state index contributed by atoms with van der Waals surface area (Å²) in [5.74, 6) is 0.159. The Morgan fingerprint density at radius 3 is 2.74 bits per heavy atom. The molecular weight excluding hydrogens is 286 g/mol. The van der Waals surface area contributed by atoms with Crippen LogP contribution in [0.2, 0.25) is 0 Å². The maximum atomic E-state index is 12.6. The van der Waals surface area contributed by atoms with E-state index in [1.807, 2.05) is 6.07 Å². The van der Waals surface area contributed by atoms with Crippen molar-refractivity contribution in [2.75, 3.05) is 12.3 Å². The lowest BCUT2D eigenvalue weighted by Crippen LogP contribution is -2.40. The van der Waals surface area contributed by atoms with E-state index >= 15 is 0 Å². The van der Waals surface area contributed by atoms with E-state index in [9.17, 15) is 4.79 Å². The molecule has 1 saturated carbocycles. The molecule has 0 bridgehead atoms. The fourth-order valence-electron chi connectivity index (χ4n) is 4.32. The van der Waals surface area contributed by atoms with Crippen molar-refractivity contribution in [3.8, 4) is 0 Å². The number of benzene rings is 1. The highest BCUT2D eigenvalue weighted by molar-refractivity contribution is 5.77. The van der Waals surface area contributed by atoms with Gasteiger partial charge in [-0.05, 0) is 67.3 Å². The molecule has 1 aromatic rings. The Balaban J connectivity index is 1.67. The monoisotopic (exact) mass is 315 g/mol. The summed E-state index contributed by atoms with van der Waals surface area (Å²) in [4.78, 5) is 12.6. The van der Waals surface area contributed by atoms with E-state index in [2.05, 4.69) is 17.4 Å². The Kier molecular flexibility index (Phi) is 4.90. The standard InChI is InChI=1S/C19H29N3O/c20-13-19(9-2-1-3-10-19)12-18(23)22-17-6-4-5-14-11-15(21)7-8-16(14)17/h7-8,11,17H,1-6,9-10,12-13,20-21H2,(H,22,23). The summed E-state index contributed by atoms with van der Waals surface area (Å²) < 4.78 is 0. The van der Waals surface area contributed by atoms with Gasteiger partial charge in [-0.2, -0.15) is 0 Å². The van der Waals surface area contributed by atoms with Crippen LogP contribution in [-0.4, -0.2) is 12.5 Å². The summed E-state index contributed by atoms with van der Waals surface area (Å²) in [7, 11) is 0. The first-order valence-corrected chi connectivity index (χ1v) is 9.00. The van der Waals surface area contributed by atoms with Crippen molar-refractivity contribution in [2.24, 2.45) is 11.1 Å². The molecule has 2 aliphatic carbocycles. The molecule has 0 aliphatic heterocycles. The van der Waals surface area contributed by atoms with Crippen LogP contribution in [0, 0.1) is 5.41 Å². The van der Waals surface area contributed by atoms with Crippen LogP contribution >= 0.6 is 0 Å². The maximum absolute atomic E-state index is 12.6. The average molecular weight is 315 g/mol. The van der Waals surface area contributed by atoms with E-state index in [-0.39, 0.29) is 17.4 Å². The number of nitrogens with one attached hydrogen (secondary N) is 1. The number of aryl methyl sites for hydroxylation is 1. The van der Waals surface area contributed by atoms with Crippen molar-refractivity contribution in [3.63, 3.8) is 0 Å². The highest BCUT2D eigenvalue weighted by Crippen LogP contribution is 2.39. The van der Waals surface area contributed by atoms with Crippen LogP contribution in [-0.2, 0) is 11.2 Å². The molecule has 4 heteroatoms. The predicted octanol–water partition coefficient (Wildman–Crippen LogP) is 3.06. The molecule has 2 aliphatic rings. The van der Waals surface area contributed by atoms with Crippen molar-refractivity contribution >= 4 is 11.6 Å². The van der Waals surface area contributed by atoms with Gasteiger partial charge in [0.1, 0.15) is 0 Å². The smallest absolute Gasteiger partial charge is 0.221 e. The zero-order chi connectivity index (χ0) is 16.3. The summed E-state index contributed by atoms with van der Waals surface area (Å²) >= 11 is 0. The van der Waals surface area contributed by atoms with Gasteiger partial charge < -0.3 is 16.8 Å². The maximum Gasteiger partial charge on any atom is 0.221 e. The van der Waals surface area contributed by atoms with Gasteiger partial charge in [-0.3, -0.25) is 4.79 Å². The Hall–Kier alpha value is -1.55. The normalized spacial score (nSPS) is 23.1. The molecule has 0 radical (unpaired) electrons. The minimum absolute atomic E-state index is 0.0287. The number of anilines is 1. The molecule has 1 atom stereocenters. The third kappa shape index (κ3) is 3.69. The minimum Gasteiger partial charge on any atom is -0.399 e. The quantitative estimate of drug-likeness (QED) is 0.747. The van der Waals surface area contributed by atoms with Crippen LogP contribution in [0.25, 0.3) is 0 Å². The van der Waals surface area contributed by atoms with Gasteiger partial charge in [0.15, 0.2) is 0 Å². The number of hydrogen-bond acceptors (Lipinski definition) is 3. The molecule has 1 aromatic carbocycles. The Labute approximate surface area is 139 Å². The van der Waals surface area contributed by atoms with E-state index < -0.39 is 0 Å². The summed E-state index contributed by atoms with van der Waals surface area (Å²) in [5.41, 5.74) is 15.3. The molecule has 0 aromatic heterocycles. The molecule has 1 fully saturated rings. The number of rotatable bonds is 4. The van der Waals surface area contributed by atoms with Crippen LogP contribution in [0.5, 0.6) is 0 Å². The molecule has 3 rings (SSSR count). The van der Waals surface area contributed by atoms with Crippen LogP contribution in [0.15, 0.2) is 18.2 Å². The zero-order valence-corrected chi connectivity index (χ0v) is 13.9. The van der Waals surface area contributed by atoms with Crippen LogP contribution in [0.4, 0.5) is 5.69 Å². The molecule has 23 heavy (non-hydrogen) atoms. The first kappa shape index (κ1) is 16.3. The fourth-order valence-corrected chi connectivity index (χ4v) is 4.32. The van der Waals surface area contributed by atoms with Crippen molar-refractivity contribution in [1.82, 2.24) is 5.32 Å². The third-order valence-electron chi connectivity index (χ3n) is 5.70. The summed E-state index contributed by atoms with van der Waals surface area (Å²) in [5, 5.41) is 3.27. The Bertz CT molecular complexity index is 564. The van der Waals surface area contributed by atoms with Gasteiger partial charge in [0, 0.05) is 12.1 Å². The largest absolute Gasteiger partial charge is 0.399 e. The number of nitrogen functional groups attached to an aromatic ring is 1. The number of amides is 1. The van der Waals surface area contributed by atoms with E-state index in [1.165, 1.54) is 30.4 Å². The van der Waals surface area contributed by atoms with Gasteiger partial charge in [-0.25, -0.2) is 0 Å². The first-order valence-electron chi connectivity index (χ1n) is 9.00. The van der Waals surface area contributed by atoms with E-state index in [0.29, 0.717) is 13.0 Å². The molecule has 0 heterocycles. The molecule has 0 spiro atoms. The molecule has 0 saturated heterocycles. The molecule has 5 N–H and O–H groups in total. The summed E-state index contributed by atoms with van der Waals surface area (Å²) in [6.07, 6.45) is 9.61. The van der Waals surface area contributed by atoms with Crippen LogP contribution in [0.1, 0.15) is 68.5 Å². The Morgan fingerprint density at radius 1 is 1.22 bits per heavy atom. The lowest BCUT2D eigenvalue weighted by molar-refractivity contribution is -0.124. The fraction of sp³-hybridized carbons (Fsp3) is 0.632. The zero-order valence-electron chi connectivity index (χ0n) is 13.9. The van der Waals surface area contributed by atoms with Crippen LogP contribution in [0.3, 0.4) is 0 Å². The van der Waals surface area contributed by atoms with Gasteiger partial charge >= 0.3 is 0 Å². The number of fused-ring (bicyclic) bond motifs is 1. The van der Waals surface area contributed by atoms with Gasteiger partial charge in [0.2, 0.25) is 5.91 Å². The van der Waals surface area contributed by atoms with Crippen LogP contribution < -0.4 is 16.8 Å². The second-order valence-electron chi connectivity index (χ2n) is 7.41. The second kappa shape index (κ2) is 6.91. The molecule has 1 amide bonds.